The standard InChI is InChI=1S/C18H16N2O3S2/c1-11-5-6-13(8-12(11)2)19-16(21)10-20-17(22)15(25-18(20)23)9-14-4-3-7-24-14/h3-9H,10H2,1-2H3,(H,19,21). The lowest BCUT2D eigenvalue weighted by molar-refractivity contribution is -0.127. The maximum absolute atomic E-state index is 12.4. The van der Waals surface area contributed by atoms with E-state index in [1.54, 1.807) is 12.1 Å². The Morgan fingerprint density at radius 1 is 1.20 bits per heavy atom. The average molecular weight is 372 g/mol. The number of amides is 3. The Morgan fingerprint density at radius 3 is 2.68 bits per heavy atom. The van der Waals surface area contributed by atoms with Crippen molar-refractivity contribution in [3.05, 3.63) is 56.6 Å². The van der Waals surface area contributed by atoms with Crippen LogP contribution in [0.2, 0.25) is 0 Å². The predicted octanol–water partition coefficient (Wildman–Crippen LogP) is 4.04. The summed E-state index contributed by atoms with van der Waals surface area (Å²) >= 11 is 2.34. The Labute approximate surface area is 153 Å². The number of benzene rings is 1. The Morgan fingerprint density at radius 2 is 2.00 bits per heavy atom. The Bertz CT molecular complexity index is 872. The largest absolute Gasteiger partial charge is 0.325 e. The minimum Gasteiger partial charge on any atom is -0.325 e. The number of anilines is 1. The number of nitrogens with zero attached hydrogens (tertiary/aromatic N) is 1. The topological polar surface area (TPSA) is 66.5 Å². The van der Waals surface area contributed by atoms with E-state index in [-0.39, 0.29) is 6.54 Å². The van der Waals surface area contributed by atoms with Gasteiger partial charge in [0, 0.05) is 10.6 Å². The molecular formula is C18H16N2O3S2. The van der Waals surface area contributed by atoms with E-state index in [1.807, 2.05) is 43.5 Å². The van der Waals surface area contributed by atoms with Crippen LogP contribution in [0.25, 0.3) is 6.08 Å². The monoisotopic (exact) mass is 372 g/mol. The minimum absolute atomic E-state index is 0.292. The second-order valence-corrected chi connectivity index (χ2v) is 7.60. The molecule has 1 saturated heterocycles. The first-order valence-corrected chi connectivity index (χ1v) is 9.29. The molecule has 1 aliphatic heterocycles. The van der Waals surface area contributed by atoms with Crippen LogP contribution in [0, 0.1) is 13.8 Å². The smallest absolute Gasteiger partial charge is 0.294 e. The molecule has 2 heterocycles. The van der Waals surface area contributed by atoms with Crippen molar-refractivity contribution in [2.45, 2.75) is 13.8 Å². The van der Waals surface area contributed by atoms with E-state index in [2.05, 4.69) is 5.32 Å². The number of imide groups is 1. The molecule has 1 aromatic carbocycles. The maximum atomic E-state index is 12.4. The third-order valence-electron chi connectivity index (χ3n) is 3.78. The van der Waals surface area contributed by atoms with E-state index in [1.165, 1.54) is 11.3 Å². The van der Waals surface area contributed by atoms with E-state index in [9.17, 15) is 14.4 Å². The summed E-state index contributed by atoms with van der Waals surface area (Å²) in [5, 5.41) is 4.19. The normalized spacial score (nSPS) is 15.9. The summed E-state index contributed by atoms with van der Waals surface area (Å²) in [4.78, 5) is 38.8. The van der Waals surface area contributed by atoms with E-state index < -0.39 is 17.1 Å². The van der Waals surface area contributed by atoms with Crippen LogP contribution >= 0.6 is 23.1 Å². The quantitative estimate of drug-likeness (QED) is 0.823. The van der Waals surface area contributed by atoms with Gasteiger partial charge < -0.3 is 5.32 Å². The van der Waals surface area contributed by atoms with E-state index >= 15 is 0 Å². The Hall–Kier alpha value is -2.38. The summed E-state index contributed by atoms with van der Waals surface area (Å²) in [5.74, 6) is -0.832. The number of carbonyl (C=O) groups excluding carboxylic acids is 3. The van der Waals surface area contributed by atoms with Gasteiger partial charge in [0.25, 0.3) is 11.1 Å². The first-order chi connectivity index (χ1) is 11.9. The Kier molecular flexibility index (Phi) is 5.06. The number of nitrogens with one attached hydrogen (secondary N) is 1. The van der Waals surface area contributed by atoms with Crippen molar-refractivity contribution in [2.24, 2.45) is 0 Å². The fourth-order valence-corrected chi connectivity index (χ4v) is 3.86. The maximum Gasteiger partial charge on any atom is 0.294 e. The molecule has 0 spiro atoms. The van der Waals surface area contributed by atoms with Crippen LogP contribution in [-0.2, 0) is 9.59 Å². The zero-order valence-electron chi connectivity index (χ0n) is 13.7. The zero-order chi connectivity index (χ0) is 18.0. The van der Waals surface area contributed by atoms with E-state index in [0.29, 0.717) is 10.6 Å². The van der Waals surface area contributed by atoms with Crippen LogP contribution in [-0.4, -0.2) is 28.5 Å². The third-order valence-corrected chi connectivity index (χ3v) is 5.51. The summed E-state index contributed by atoms with van der Waals surface area (Å²) in [6.45, 7) is 3.65. The first-order valence-electron chi connectivity index (χ1n) is 7.60. The number of carbonyl (C=O) groups is 3. The SMILES string of the molecule is Cc1ccc(NC(=O)CN2C(=O)SC(=Cc3cccs3)C2=O)cc1C. The van der Waals surface area contributed by atoms with Crippen molar-refractivity contribution in [1.29, 1.82) is 0 Å². The van der Waals surface area contributed by atoms with E-state index in [0.717, 1.165) is 32.7 Å². The average Bonchev–Trinajstić information content (AvgIpc) is 3.15. The molecule has 0 radical (unpaired) electrons. The van der Waals surface area contributed by atoms with Gasteiger partial charge in [-0.05, 0) is 66.4 Å². The van der Waals surface area contributed by atoms with Gasteiger partial charge in [-0.3, -0.25) is 19.3 Å². The minimum atomic E-state index is -0.432. The molecule has 0 unspecified atom stereocenters. The van der Waals surface area contributed by atoms with Gasteiger partial charge in [0.15, 0.2) is 0 Å². The molecule has 0 bridgehead atoms. The number of hydrogen-bond acceptors (Lipinski definition) is 5. The third kappa shape index (κ3) is 4.00. The van der Waals surface area contributed by atoms with Crippen molar-refractivity contribution in [1.82, 2.24) is 4.90 Å². The summed E-state index contributed by atoms with van der Waals surface area (Å²) in [5.41, 5.74) is 2.83. The van der Waals surface area contributed by atoms with Gasteiger partial charge in [-0.2, -0.15) is 0 Å². The molecule has 0 atom stereocenters. The lowest BCUT2D eigenvalue weighted by Gasteiger charge is -2.13. The summed E-state index contributed by atoms with van der Waals surface area (Å²) in [6.07, 6.45) is 1.68. The van der Waals surface area contributed by atoms with Crippen LogP contribution in [0.15, 0.2) is 40.6 Å². The van der Waals surface area contributed by atoms with Gasteiger partial charge in [-0.25, -0.2) is 0 Å². The predicted molar refractivity (Wildman–Crippen MR) is 102 cm³/mol. The highest BCUT2D eigenvalue weighted by molar-refractivity contribution is 8.18. The van der Waals surface area contributed by atoms with Crippen molar-refractivity contribution in [3.63, 3.8) is 0 Å². The molecule has 7 heteroatoms. The summed E-state index contributed by atoms with van der Waals surface area (Å²) in [6, 6.07) is 9.31. The molecule has 3 amide bonds. The van der Waals surface area contributed by atoms with Gasteiger partial charge in [0.1, 0.15) is 6.54 Å². The molecule has 128 valence electrons. The number of thioether (sulfide) groups is 1. The molecular weight excluding hydrogens is 356 g/mol. The van der Waals surface area contributed by atoms with Gasteiger partial charge in [-0.15, -0.1) is 11.3 Å². The lowest BCUT2D eigenvalue weighted by Crippen LogP contribution is -2.36. The van der Waals surface area contributed by atoms with Gasteiger partial charge in [0.2, 0.25) is 5.91 Å². The molecule has 0 aliphatic carbocycles. The van der Waals surface area contributed by atoms with Crippen LogP contribution in [0.4, 0.5) is 10.5 Å². The molecule has 1 fully saturated rings. The molecule has 2 aromatic rings. The second kappa shape index (κ2) is 7.25. The molecule has 25 heavy (non-hydrogen) atoms. The van der Waals surface area contributed by atoms with Crippen LogP contribution in [0.1, 0.15) is 16.0 Å². The van der Waals surface area contributed by atoms with Crippen molar-refractivity contribution in [2.75, 3.05) is 11.9 Å². The molecule has 1 N–H and O–H groups in total. The highest BCUT2D eigenvalue weighted by atomic mass is 32.2. The molecule has 5 nitrogen and oxygen atoms in total. The number of hydrogen-bond donors (Lipinski definition) is 1. The second-order valence-electron chi connectivity index (χ2n) is 5.63. The molecule has 0 saturated carbocycles. The fraction of sp³-hybridized carbons (Fsp3) is 0.167. The van der Waals surface area contributed by atoms with Gasteiger partial charge in [0.05, 0.1) is 4.91 Å². The van der Waals surface area contributed by atoms with Crippen LogP contribution < -0.4 is 5.32 Å². The van der Waals surface area contributed by atoms with Crippen LogP contribution in [0.5, 0.6) is 0 Å². The highest BCUT2D eigenvalue weighted by Crippen LogP contribution is 2.32. The van der Waals surface area contributed by atoms with Gasteiger partial charge in [-0.1, -0.05) is 12.1 Å². The summed E-state index contributed by atoms with van der Waals surface area (Å²) < 4.78 is 0. The highest BCUT2D eigenvalue weighted by Gasteiger charge is 2.36. The van der Waals surface area contributed by atoms with Crippen molar-refractivity contribution < 1.29 is 14.4 Å². The first kappa shape index (κ1) is 17.4. The van der Waals surface area contributed by atoms with Crippen LogP contribution in [0.3, 0.4) is 0 Å². The fourth-order valence-electron chi connectivity index (χ4n) is 2.30. The van der Waals surface area contributed by atoms with E-state index in [4.69, 9.17) is 0 Å². The molecule has 1 aromatic heterocycles. The molecule has 3 rings (SSSR count). The van der Waals surface area contributed by atoms with Crippen molar-refractivity contribution >= 4 is 51.9 Å². The lowest BCUT2D eigenvalue weighted by atomic mass is 10.1. The number of rotatable bonds is 4. The van der Waals surface area contributed by atoms with Crippen molar-refractivity contribution in [3.8, 4) is 0 Å². The zero-order valence-corrected chi connectivity index (χ0v) is 15.4. The Balaban J connectivity index is 1.67. The summed E-state index contributed by atoms with van der Waals surface area (Å²) in [7, 11) is 0. The molecule has 1 aliphatic rings. The van der Waals surface area contributed by atoms with Gasteiger partial charge >= 0.3 is 0 Å². The number of aryl methyl sites for hydroxylation is 2. The number of thiophene rings is 1.